The monoisotopic (exact) mass is 336 g/mol. The molecule has 1 aliphatic rings. The van der Waals surface area contributed by atoms with Crippen molar-refractivity contribution in [1.82, 2.24) is 5.16 Å². The topological polar surface area (TPSA) is 55.1 Å². The molecule has 1 aliphatic heterocycles. The highest BCUT2D eigenvalue weighted by Gasteiger charge is 2.27. The van der Waals surface area contributed by atoms with Crippen LogP contribution in [-0.4, -0.2) is 11.1 Å². The van der Waals surface area contributed by atoms with Crippen molar-refractivity contribution < 1.29 is 9.32 Å². The highest BCUT2D eigenvalue weighted by molar-refractivity contribution is 7.98. The quantitative estimate of drug-likeness (QED) is 0.729. The number of rotatable bonds is 2. The van der Waals surface area contributed by atoms with Gasteiger partial charge in [0.05, 0.1) is 0 Å². The van der Waals surface area contributed by atoms with Gasteiger partial charge in [-0.25, -0.2) is 0 Å². The number of hydrogen-bond acceptors (Lipinski definition) is 4. The molecule has 4 nitrogen and oxygen atoms in total. The maximum absolute atomic E-state index is 12.6. The molecule has 3 aromatic rings. The Bertz CT molecular complexity index is 926. The Morgan fingerprint density at radius 1 is 1.17 bits per heavy atom. The lowest BCUT2D eigenvalue weighted by Crippen LogP contribution is -2.15. The van der Waals surface area contributed by atoms with Gasteiger partial charge in [-0.15, -0.1) is 11.8 Å². The third-order valence-electron chi connectivity index (χ3n) is 3.99. The summed E-state index contributed by atoms with van der Waals surface area (Å²) < 4.78 is 5.50. The van der Waals surface area contributed by atoms with Gasteiger partial charge in [-0.3, -0.25) is 4.79 Å². The van der Waals surface area contributed by atoms with Crippen molar-refractivity contribution >= 4 is 23.4 Å². The SMILES string of the molecule is Cc1cc(C)cc(NC(=O)c2noc3c2CSc2ccccc2-3)c1. The molecule has 24 heavy (non-hydrogen) atoms. The fourth-order valence-corrected chi connectivity index (χ4v) is 4.06. The molecule has 0 unspecified atom stereocenters. The molecule has 0 radical (unpaired) electrons. The molecule has 0 aliphatic carbocycles. The first-order valence-electron chi connectivity index (χ1n) is 7.72. The van der Waals surface area contributed by atoms with Crippen LogP contribution in [-0.2, 0) is 5.75 Å². The van der Waals surface area contributed by atoms with Crippen molar-refractivity contribution in [3.05, 3.63) is 64.8 Å². The number of anilines is 1. The zero-order chi connectivity index (χ0) is 16.7. The van der Waals surface area contributed by atoms with E-state index in [1.54, 1.807) is 11.8 Å². The third kappa shape index (κ3) is 2.61. The number of thioether (sulfide) groups is 1. The largest absolute Gasteiger partial charge is 0.355 e. The van der Waals surface area contributed by atoms with Crippen molar-refractivity contribution in [3.8, 4) is 11.3 Å². The van der Waals surface area contributed by atoms with Crippen molar-refractivity contribution in [1.29, 1.82) is 0 Å². The molecule has 1 aromatic heterocycles. The van der Waals surface area contributed by atoms with Gasteiger partial charge in [-0.05, 0) is 49.2 Å². The highest BCUT2D eigenvalue weighted by atomic mass is 32.2. The fraction of sp³-hybridized carbons (Fsp3) is 0.158. The van der Waals surface area contributed by atoms with E-state index in [-0.39, 0.29) is 5.91 Å². The summed E-state index contributed by atoms with van der Waals surface area (Å²) in [5.41, 5.74) is 5.22. The molecule has 1 amide bonds. The minimum Gasteiger partial charge on any atom is -0.355 e. The van der Waals surface area contributed by atoms with Crippen LogP contribution in [0.2, 0.25) is 0 Å². The van der Waals surface area contributed by atoms with Crippen LogP contribution in [0.15, 0.2) is 51.9 Å². The van der Waals surface area contributed by atoms with E-state index in [1.807, 2.05) is 44.2 Å². The van der Waals surface area contributed by atoms with Gasteiger partial charge in [0.25, 0.3) is 5.91 Å². The van der Waals surface area contributed by atoms with Crippen molar-refractivity contribution in [2.45, 2.75) is 24.5 Å². The molecule has 0 saturated carbocycles. The van der Waals surface area contributed by atoms with Crippen molar-refractivity contribution in [2.75, 3.05) is 5.32 Å². The van der Waals surface area contributed by atoms with Gasteiger partial charge in [0, 0.05) is 27.5 Å². The van der Waals surface area contributed by atoms with E-state index in [4.69, 9.17) is 4.52 Å². The summed E-state index contributed by atoms with van der Waals surface area (Å²) in [5.74, 6) is 1.16. The average Bonchev–Trinajstić information content (AvgIpc) is 2.98. The zero-order valence-corrected chi connectivity index (χ0v) is 14.2. The van der Waals surface area contributed by atoms with Crippen LogP contribution >= 0.6 is 11.8 Å². The van der Waals surface area contributed by atoms with Crippen LogP contribution in [0.25, 0.3) is 11.3 Å². The Hall–Kier alpha value is -2.53. The Kier molecular flexibility index (Phi) is 3.65. The predicted octanol–water partition coefficient (Wildman–Crippen LogP) is 4.82. The van der Waals surface area contributed by atoms with Crippen LogP contribution in [0, 0.1) is 13.8 Å². The van der Waals surface area contributed by atoms with E-state index >= 15 is 0 Å². The fourth-order valence-electron chi connectivity index (χ4n) is 3.00. The molecule has 1 N–H and O–H groups in total. The lowest BCUT2D eigenvalue weighted by Gasteiger charge is -2.13. The number of hydrogen-bond donors (Lipinski definition) is 1. The molecule has 0 saturated heterocycles. The number of nitrogens with one attached hydrogen (secondary N) is 1. The van der Waals surface area contributed by atoms with Crippen molar-refractivity contribution in [2.24, 2.45) is 0 Å². The smallest absolute Gasteiger partial charge is 0.278 e. The summed E-state index contributed by atoms with van der Waals surface area (Å²) in [7, 11) is 0. The van der Waals surface area contributed by atoms with Gasteiger partial charge in [0.1, 0.15) is 0 Å². The average molecular weight is 336 g/mol. The second-order valence-electron chi connectivity index (χ2n) is 5.95. The number of fused-ring (bicyclic) bond motifs is 3. The second-order valence-corrected chi connectivity index (χ2v) is 6.97. The van der Waals surface area contributed by atoms with E-state index in [0.29, 0.717) is 17.2 Å². The minimum absolute atomic E-state index is 0.231. The predicted molar refractivity (Wildman–Crippen MR) is 95.4 cm³/mol. The van der Waals surface area contributed by atoms with Crippen LogP contribution < -0.4 is 5.32 Å². The molecule has 0 bridgehead atoms. The first-order chi connectivity index (χ1) is 11.6. The minimum atomic E-state index is -0.231. The molecule has 0 atom stereocenters. The maximum atomic E-state index is 12.6. The first kappa shape index (κ1) is 15.0. The number of carbonyl (C=O) groups excluding carboxylic acids is 1. The van der Waals surface area contributed by atoms with Gasteiger partial charge >= 0.3 is 0 Å². The molecule has 2 heterocycles. The number of nitrogens with zero attached hydrogens (tertiary/aromatic N) is 1. The summed E-state index contributed by atoms with van der Waals surface area (Å²) in [6, 6.07) is 14.0. The molecule has 120 valence electrons. The number of aromatic nitrogens is 1. The van der Waals surface area contributed by atoms with Gasteiger partial charge in [-0.2, -0.15) is 0 Å². The summed E-state index contributed by atoms with van der Waals surface area (Å²) in [5, 5.41) is 6.97. The molecule has 5 heteroatoms. The van der Waals surface area contributed by atoms with E-state index in [2.05, 4.69) is 22.6 Å². The van der Waals surface area contributed by atoms with Crippen LogP contribution in [0.5, 0.6) is 0 Å². The van der Waals surface area contributed by atoms with E-state index in [0.717, 1.165) is 32.8 Å². The molecule has 2 aromatic carbocycles. The van der Waals surface area contributed by atoms with Crippen LogP contribution in [0.1, 0.15) is 27.2 Å². The summed E-state index contributed by atoms with van der Waals surface area (Å²) in [6.07, 6.45) is 0. The van der Waals surface area contributed by atoms with Crippen LogP contribution in [0.4, 0.5) is 5.69 Å². The summed E-state index contributed by atoms with van der Waals surface area (Å²) in [6.45, 7) is 4.02. The normalized spacial score (nSPS) is 12.4. The molecule has 4 rings (SSSR count). The first-order valence-corrected chi connectivity index (χ1v) is 8.71. The third-order valence-corrected chi connectivity index (χ3v) is 5.09. The summed E-state index contributed by atoms with van der Waals surface area (Å²) >= 11 is 1.70. The number of benzene rings is 2. The standard InChI is InChI=1S/C19H16N2O2S/c1-11-7-12(2)9-13(8-11)20-19(22)17-15-10-24-16-6-4-3-5-14(16)18(15)23-21-17/h3-9H,10H2,1-2H3,(H,20,22). The maximum Gasteiger partial charge on any atom is 0.278 e. The van der Waals surface area contributed by atoms with Crippen molar-refractivity contribution in [3.63, 3.8) is 0 Å². The lowest BCUT2D eigenvalue weighted by molar-refractivity contribution is 0.101. The Labute approximate surface area is 144 Å². The molecule has 0 spiro atoms. The molecular formula is C19H16N2O2S. The Balaban J connectivity index is 1.67. The Morgan fingerprint density at radius 2 is 1.92 bits per heavy atom. The Morgan fingerprint density at radius 3 is 2.71 bits per heavy atom. The number of amides is 1. The lowest BCUT2D eigenvalue weighted by atomic mass is 10.1. The van der Waals surface area contributed by atoms with E-state index in [9.17, 15) is 4.79 Å². The van der Waals surface area contributed by atoms with Gasteiger partial charge < -0.3 is 9.84 Å². The highest BCUT2D eigenvalue weighted by Crippen LogP contribution is 2.42. The zero-order valence-electron chi connectivity index (χ0n) is 13.4. The summed E-state index contributed by atoms with van der Waals surface area (Å²) in [4.78, 5) is 13.8. The molecular weight excluding hydrogens is 320 g/mol. The number of aryl methyl sites for hydroxylation is 2. The van der Waals surface area contributed by atoms with Gasteiger partial charge in [0.15, 0.2) is 11.5 Å². The number of carbonyl (C=O) groups is 1. The van der Waals surface area contributed by atoms with Crippen LogP contribution in [0.3, 0.4) is 0 Å². The van der Waals surface area contributed by atoms with E-state index in [1.165, 1.54) is 0 Å². The van der Waals surface area contributed by atoms with Gasteiger partial charge in [0.2, 0.25) is 0 Å². The second kappa shape index (κ2) is 5.83. The van der Waals surface area contributed by atoms with Gasteiger partial charge in [-0.1, -0.05) is 23.4 Å². The van der Waals surface area contributed by atoms with E-state index < -0.39 is 0 Å². The molecule has 0 fully saturated rings.